The Labute approximate surface area is 274 Å². The molecule has 248 valence electrons. The Morgan fingerprint density at radius 3 is 2.15 bits per heavy atom. The van der Waals surface area contributed by atoms with Crippen LogP contribution < -0.4 is 10.6 Å². The molecule has 0 radical (unpaired) electrons. The SMILES string of the molecule is CCCCCCCN(C(=O)C(Cc1ccc(O)cc1)NC(=O)OC(C)(C)C)C(C(=O)Nc1ccccc1C)c1cccc(C)c1C. The van der Waals surface area contributed by atoms with Gasteiger partial charge in [0, 0.05) is 18.7 Å². The van der Waals surface area contributed by atoms with Crippen LogP contribution in [0.15, 0.2) is 66.7 Å². The van der Waals surface area contributed by atoms with Gasteiger partial charge in [-0.2, -0.15) is 0 Å². The zero-order valence-electron chi connectivity index (χ0n) is 28.5. The number of amides is 3. The minimum atomic E-state index is -1.03. The molecule has 0 aliphatic rings. The lowest BCUT2D eigenvalue weighted by Crippen LogP contribution is -2.53. The van der Waals surface area contributed by atoms with Crippen LogP contribution in [-0.4, -0.2) is 46.1 Å². The minimum Gasteiger partial charge on any atom is -0.508 e. The molecule has 8 heteroatoms. The smallest absolute Gasteiger partial charge is 0.408 e. The molecule has 0 fully saturated rings. The van der Waals surface area contributed by atoms with E-state index in [9.17, 15) is 19.5 Å². The lowest BCUT2D eigenvalue weighted by Gasteiger charge is -2.35. The van der Waals surface area contributed by atoms with Crippen LogP contribution in [0, 0.1) is 20.8 Å². The molecule has 3 rings (SSSR count). The first kappa shape index (κ1) is 36.1. The van der Waals surface area contributed by atoms with Crippen LogP contribution in [0.3, 0.4) is 0 Å². The van der Waals surface area contributed by atoms with E-state index in [0.717, 1.165) is 53.5 Å². The molecule has 3 amide bonds. The molecule has 0 heterocycles. The molecule has 0 saturated heterocycles. The van der Waals surface area contributed by atoms with Crippen molar-refractivity contribution in [1.82, 2.24) is 10.2 Å². The Morgan fingerprint density at radius 1 is 0.848 bits per heavy atom. The standard InChI is InChI=1S/C38H51N3O5/c1-8-9-10-11-14-24-41(36(44)33(40-37(45)46-38(5,6)7)25-29-20-22-30(42)23-21-29)34(31-18-15-17-26(2)28(31)4)35(43)39-32-19-13-12-16-27(32)3/h12-13,15-23,33-34,42H,8-11,14,24-25H2,1-7H3,(H,39,43)(H,40,45). The summed E-state index contributed by atoms with van der Waals surface area (Å²) in [5, 5.41) is 15.8. The van der Waals surface area contributed by atoms with Crippen molar-refractivity contribution in [3.63, 3.8) is 0 Å². The van der Waals surface area contributed by atoms with E-state index in [1.165, 1.54) is 0 Å². The molecule has 3 aromatic rings. The van der Waals surface area contributed by atoms with E-state index < -0.39 is 23.8 Å². The molecule has 3 aromatic carbocycles. The molecule has 0 aromatic heterocycles. The Morgan fingerprint density at radius 2 is 1.50 bits per heavy atom. The van der Waals surface area contributed by atoms with Crippen molar-refractivity contribution >= 4 is 23.6 Å². The summed E-state index contributed by atoms with van der Waals surface area (Å²) in [5.74, 6) is -0.617. The van der Waals surface area contributed by atoms with Gasteiger partial charge < -0.3 is 25.4 Å². The highest BCUT2D eigenvalue weighted by molar-refractivity contribution is 5.99. The van der Waals surface area contributed by atoms with Gasteiger partial charge in [0.05, 0.1) is 0 Å². The summed E-state index contributed by atoms with van der Waals surface area (Å²) < 4.78 is 5.56. The van der Waals surface area contributed by atoms with Gasteiger partial charge in [0.15, 0.2) is 0 Å². The van der Waals surface area contributed by atoms with Gasteiger partial charge in [0.25, 0.3) is 5.91 Å². The van der Waals surface area contributed by atoms with Crippen LogP contribution >= 0.6 is 0 Å². The number of nitrogens with one attached hydrogen (secondary N) is 2. The second-order valence-electron chi connectivity index (χ2n) is 13.0. The number of carbonyl (C=O) groups is 3. The first-order valence-electron chi connectivity index (χ1n) is 16.3. The topological polar surface area (TPSA) is 108 Å². The third kappa shape index (κ3) is 10.6. The van der Waals surface area contributed by atoms with Gasteiger partial charge in [-0.05, 0) is 94.0 Å². The minimum absolute atomic E-state index is 0.100. The number of hydrogen-bond donors (Lipinski definition) is 3. The third-order valence-corrected chi connectivity index (χ3v) is 8.05. The summed E-state index contributed by atoms with van der Waals surface area (Å²) in [7, 11) is 0. The van der Waals surface area contributed by atoms with Gasteiger partial charge in [-0.15, -0.1) is 0 Å². The number of alkyl carbamates (subject to hydrolysis) is 1. The van der Waals surface area contributed by atoms with Crippen LogP contribution in [0.25, 0.3) is 0 Å². The number of unbranched alkanes of at least 4 members (excludes halogenated alkanes) is 4. The van der Waals surface area contributed by atoms with Crippen molar-refractivity contribution in [1.29, 1.82) is 0 Å². The molecule has 8 nitrogen and oxygen atoms in total. The molecule has 3 N–H and O–H groups in total. The summed E-state index contributed by atoms with van der Waals surface area (Å²) in [6.07, 6.45) is 4.22. The van der Waals surface area contributed by atoms with Crippen LogP contribution in [0.4, 0.5) is 10.5 Å². The second kappa shape index (κ2) is 16.8. The highest BCUT2D eigenvalue weighted by Crippen LogP contribution is 2.30. The fourth-order valence-electron chi connectivity index (χ4n) is 5.40. The average molecular weight is 630 g/mol. The molecule has 2 unspecified atom stereocenters. The van der Waals surface area contributed by atoms with Crippen LogP contribution in [0.2, 0.25) is 0 Å². The summed E-state index contributed by atoms with van der Waals surface area (Å²) in [6, 6.07) is 17.9. The monoisotopic (exact) mass is 629 g/mol. The van der Waals surface area contributed by atoms with Crippen LogP contribution in [-0.2, 0) is 20.7 Å². The number of phenols is 1. The lowest BCUT2D eigenvalue weighted by atomic mass is 9.94. The number of phenolic OH excluding ortho intramolecular Hbond substituents is 1. The third-order valence-electron chi connectivity index (χ3n) is 8.05. The number of aromatic hydroxyl groups is 1. The van der Waals surface area contributed by atoms with Crippen LogP contribution in [0.5, 0.6) is 5.75 Å². The summed E-state index contributed by atoms with van der Waals surface area (Å²) in [6.45, 7) is 13.6. The van der Waals surface area contributed by atoms with Crippen molar-refractivity contribution in [3.8, 4) is 5.75 Å². The molecule has 0 saturated carbocycles. The van der Waals surface area contributed by atoms with Crippen molar-refractivity contribution in [2.45, 2.75) is 105 Å². The van der Waals surface area contributed by atoms with E-state index in [2.05, 4.69) is 17.6 Å². The van der Waals surface area contributed by atoms with Crippen molar-refractivity contribution < 1.29 is 24.2 Å². The second-order valence-corrected chi connectivity index (χ2v) is 13.0. The van der Waals surface area contributed by atoms with Crippen molar-refractivity contribution in [2.75, 3.05) is 11.9 Å². The number of ether oxygens (including phenoxy) is 1. The van der Waals surface area contributed by atoms with Crippen molar-refractivity contribution in [3.05, 3.63) is 94.5 Å². The van der Waals surface area contributed by atoms with Gasteiger partial charge in [-0.25, -0.2) is 4.79 Å². The summed E-state index contributed by atoms with van der Waals surface area (Å²) in [5.41, 5.74) is 4.21. The number of hydrogen-bond acceptors (Lipinski definition) is 5. The molecule has 0 bridgehead atoms. The molecule has 0 spiro atoms. The fourth-order valence-corrected chi connectivity index (χ4v) is 5.40. The molecule has 2 atom stereocenters. The van der Waals surface area contributed by atoms with E-state index in [4.69, 9.17) is 4.74 Å². The van der Waals surface area contributed by atoms with Crippen molar-refractivity contribution in [2.24, 2.45) is 0 Å². The number of anilines is 1. The lowest BCUT2D eigenvalue weighted by molar-refractivity contribution is -0.140. The van der Waals surface area contributed by atoms with E-state index in [-0.39, 0.29) is 24.0 Å². The molecule has 46 heavy (non-hydrogen) atoms. The normalized spacial score (nSPS) is 12.6. The fraction of sp³-hybridized carbons (Fsp3) is 0.447. The van der Waals surface area contributed by atoms with Gasteiger partial charge in [-0.1, -0.05) is 81.1 Å². The highest BCUT2D eigenvalue weighted by atomic mass is 16.6. The van der Waals surface area contributed by atoms with Gasteiger partial charge in [0.1, 0.15) is 23.4 Å². The predicted molar refractivity (Wildman–Crippen MR) is 184 cm³/mol. The first-order valence-corrected chi connectivity index (χ1v) is 16.3. The van der Waals surface area contributed by atoms with Gasteiger partial charge in [0.2, 0.25) is 5.91 Å². The van der Waals surface area contributed by atoms with Gasteiger partial charge >= 0.3 is 6.09 Å². The maximum absolute atomic E-state index is 14.8. The number of carbonyl (C=O) groups excluding carboxylic acids is 3. The average Bonchev–Trinajstić information content (AvgIpc) is 2.99. The Bertz CT molecular complexity index is 1460. The molecular weight excluding hydrogens is 578 g/mol. The molecule has 0 aliphatic carbocycles. The maximum atomic E-state index is 14.8. The summed E-state index contributed by atoms with van der Waals surface area (Å²) >= 11 is 0. The zero-order valence-corrected chi connectivity index (χ0v) is 28.5. The number of nitrogens with zero attached hydrogens (tertiary/aromatic N) is 1. The Hall–Kier alpha value is -4.33. The number of para-hydroxylation sites is 1. The van der Waals surface area contributed by atoms with E-state index in [0.29, 0.717) is 18.7 Å². The Balaban J connectivity index is 2.11. The van der Waals surface area contributed by atoms with Crippen LogP contribution in [0.1, 0.15) is 93.7 Å². The zero-order chi connectivity index (χ0) is 33.9. The summed E-state index contributed by atoms with van der Waals surface area (Å²) in [4.78, 5) is 43.9. The molecule has 0 aliphatic heterocycles. The van der Waals surface area contributed by atoms with E-state index >= 15 is 0 Å². The van der Waals surface area contributed by atoms with E-state index in [1.807, 2.05) is 63.2 Å². The van der Waals surface area contributed by atoms with E-state index in [1.54, 1.807) is 49.9 Å². The Kier molecular flexibility index (Phi) is 13.2. The highest BCUT2D eigenvalue weighted by Gasteiger charge is 2.37. The quantitative estimate of drug-likeness (QED) is 0.157. The maximum Gasteiger partial charge on any atom is 0.408 e. The number of rotatable bonds is 14. The number of benzene rings is 3. The largest absolute Gasteiger partial charge is 0.508 e. The van der Waals surface area contributed by atoms with Gasteiger partial charge in [-0.3, -0.25) is 9.59 Å². The molecular formula is C38H51N3O5. The predicted octanol–water partition coefficient (Wildman–Crippen LogP) is 7.93. The first-order chi connectivity index (χ1) is 21.8. The number of aryl methyl sites for hydroxylation is 2.